The Morgan fingerprint density at radius 1 is 0.935 bits per heavy atom. The van der Waals surface area contributed by atoms with E-state index in [1.54, 1.807) is 24.3 Å². The Morgan fingerprint density at radius 2 is 1.65 bits per heavy atom. The predicted octanol–water partition coefficient (Wildman–Crippen LogP) is 5.42. The van der Waals surface area contributed by atoms with Crippen molar-refractivity contribution in [2.24, 2.45) is 0 Å². The zero-order chi connectivity index (χ0) is 22.5. The first kappa shape index (κ1) is 25.9. The van der Waals surface area contributed by atoms with Crippen LogP contribution in [0.2, 0.25) is 10.0 Å². The molecule has 0 saturated carbocycles. The van der Waals surface area contributed by atoms with Crippen LogP contribution in [0.15, 0.2) is 36.4 Å². The molecule has 0 aliphatic carbocycles. The van der Waals surface area contributed by atoms with Crippen LogP contribution in [0.1, 0.15) is 48.5 Å². The zero-order valence-corrected chi connectivity index (χ0v) is 19.6. The average molecular weight is 470 g/mol. The maximum atomic E-state index is 10.2. The highest BCUT2D eigenvalue weighted by atomic mass is 35.5. The van der Waals surface area contributed by atoms with Crippen LogP contribution in [0, 0.1) is 6.92 Å². The Balaban J connectivity index is 1.40. The molecule has 0 bridgehead atoms. The van der Waals surface area contributed by atoms with Gasteiger partial charge in [0.2, 0.25) is 0 Å². The Labute approximate surface area is 195 Å². The quantitative estimate of drug-likeness (QED) is 0.303. The number of aryl methyl sites for hydroxylation is 1. The number of nitrogens with one attached hydrogen (secondary N) is 1. The highest BCUT2D eigenvalue weighted by Crippen LogP contribution is 2.24. The normalized spacial score (nSPS) is 12.3. The summed E-state index contributed by atoms with van der Waals surface area (Å²) in [6.45, 7) is 5.37. The van der Waals surface area contributed by atoms with Crippen molar-refractivity contribution in [3.05, 3.63) is 63.1 Å². The van der Waals surface area contributed by atoms with Crippen LogP contribution >= 0.6 is 23.2 Å². The summed E-state index contributed by atoms with van der Waals surface area (Å²) in [5.74, 6) is 0.252. The molecule has 172 valence electrons. The van der Waals surface area contributed by atoms with Gasteiger partial charge in [-0.3, -0.25) is 0 Å². The summed E-state index contributed by atoms with van der Waals surface area (Å²) in [6, 6.07) is 10.6. The molecular formula is C24H33Cl2NO4. The molecule has 5 nitrogen and oxygen atoms in total. The van der Waals surface area contributed by atoms with Crippen molar-refractivity contribution in [1.29, 1.82) is 0 Å². The fourth-order valence-electron chi connectivity index (χ4n) is 3.11. The third kappa shape index (κ3) is 9.77. The lowest BCUT2D eigenvalue weighted by molar-refractivity contribution is 0.0393. The summed E-state index contributed by atoms with van der Waals surface area (Å²) in [7, 11) is 0. The van der Waals surface area contributed by atoms with Crippen LogP contribution in [-0.4, -0.2) is 43.1 Å². The number of aromatic hydroxyl groups is 1. The molecule has 2 rings (SSSR count). The smallest absolute Gasteiger partial charge is 0.118 e. The molecule has 0 aliphatic heterocycles. The van der Waals surface area contributed by atoms with Crippen LogP contribution in [0.4, 0.5) is 0 Å². The summed E-state index contributed by atoms with van der Waals surface area (Å²) < 4.78 is 11.2. The van der Waals surface area contributed by atoms with Crippen molar-refractivity contribution in [1.82, 2.24) is 5.32 Å². The summed E-state index contributed by atoms with van der Waals surface area (Å²) in [6.07, 6.45) is 3.74. The first-order valence-corrected chi connectivity index (χ1v) is 11.5. The van der Waals surface area contributed by atoms with Crippen LogP contribution in [0.3, 0.4) is 0 Å². The molecule has 0 fully saturated rings. The number of hydrogen-bond acceptors (Lipinski definition) is 5. The van der Waals surface area contributed by atoms with Gasteiger partial charge in [0.15, 0.2) is 0 Å². The molecule has 0 aromatic heterocycles. The molecule has 2 aromatic carbocycles. The first-order valence-electron chi connectivity index (χ1n) is 10.8. The molecule has 3 N–H and O–H groups in total. The van der Waals surface area contributed by atoms with Crippen molar-refractivity contribution >= 4 is 23.2 Å². The van der Waals surface area contributed by atoms with Crippen molar-refractivity contribution < 1.29 is 19.7 Å². The maximum Gasteiger partial charge on any atom is 0.118 e. The number of phenols is 1. The van der Waals surface area contributed by atoms with Crippen LogP contribution in [0.5, 0.6) is 5.75 Å². The standard InChI is InChI=1S/C24H33Cl2NO4/c1-18-15-19(9-10-23(18)28)24(29)16-27-11-4-2-3-5-12-30-13-14-31-17-20-21(25)7-6-8-22(20)26/h6-10,15,24,27-29H,2-5,11-14,16-17H2,1H3. The summed E-state index contributed by atoms with van der Waals surface area (Å²) >= 11 is 12.2. The van der Waals surface area contributed by atoms with Crippen molar-refractivity contribution in [3.8, 4) is 5.75 Å². The highest BCUT2D eigenvalue weighted by Gasteiger charge is 2.08. The molecule has 0 saturated heterocycles. The Hall–Kier alpha value is -1.34. The van der Waals surface area contributed by atoms with Gasteiger partial charge in [-0.2, -0.15) is 0 Å². The van der Waals surface area contributed by atoms with Gasteiger partial charge in [-0.15, -0.1) is 0 Å². The minimum atomic E-state index is -0.566. The van der Waals surface area contributed by atoms with E-state index in [9.17, 15) is 10.2 Å². The predicted molar refractivity (Wildman–Crippen MR) is 126 cm³/mol. The van der Waals surface area contributed by atoms with Gasteiger partial charge in [0.05, 0.1) is 25.9 Å². The summed E-state index contributed by atoms with van der Waals surface area (Å²) in [5, 5.41) is 24.3. The second-order valence-corrected chi connectivity index (χ2v) is 8.36. The van der Waals surface area contributed by atoms with E-state index in [2.05, 4.69) is 5.32 Å². The maximum absolute atomic E-state index is 10.2. The van der Waals surface area contributed by atoms with E-state index in [0.29, 0.717) is 36.4 Å². The molecule has 0 aliphatic rings. The SMILES string of the molecule is Cc1cc(C(O)CNCCCCCCOCCOCc2c(Cl)cccc2Cl)ccc1O. The molecular weight excluding hydrogens is 437 g/mol. The number of unbranched alkanes of at least 4 members (excludes halogenated alkanes) is 3. The van der Waals surface area contributed by atoms with Crippen LogP contribution in [-0.2, 0) is 16.1 Å². The lowest BCUT2D eigenvalue weighted by Gasteiger charge is -2.13. The number of ether oxygens (including phenoxy) is 2. The fourth-order valence-corrected chi connectivity index (χ4v) is 3.62. The average Bonchev–Trinajstić information content (AvgIpc) is 2.75. The van der Waals surface area contributed by atoms with Gasteiger partial charge in [-0.05, 0) is 61.7 Å². The number of hydrogen-bond donors (Lipinski definition) is 3. The molecule has 0 spiro atoms. The highest BCUT2D eigenvalue weighted by molar-refractivity contribution is 6.35. The zero-order valence-electron chi connectivity index (χ0n) is 18.1. The number of aliphatic hydroxyl groups excluding tert-OH is 1. The minimum absolute atomic E-state index is 0.252. The van der Waals surface area contributed by atoms with E-state index in [-0.39, 0.29) is 5.75 Å². The Bertz CT molecular complexity index is 768. The topological polar surface area (TPSA) is 71.0 Å². The van der Waals surface area contributed by atoms with Crippen LogP contribution < -0.4 is 5.32 Å². The Kier molecular flexibility index (Phi) is 12.3. The summed E-state index contributed by atoms with van der Waals surface area (Å²) in [4.78, 5) is 0. The van der Waals surface area contributed by atoms with Gasteiger partial charge in [-0.25, -0.2) is 0 Å². The molecule has 0 radical (unpaired) electrons. The van der Waals surface area contributed by atoms with Gasteiger partial charge in [-0.1, -0.05) is 48.2 Å². The number of halogens is 2. The minimum Gasteiger partial charge on any atom is -0.508 e. The second-order valence-electron chi connectivity index (χ2n) is 7.55. The van der Waals surface area contributed by atoms with Crippen molar-refractivity contribution in [2.75, 3.05) is 32.9 Å². The van der Waals surface area contributed by atoms with Crippen LogP contribution in [0.25, 0.3) is 0 Å². The van der Waals surface area contributed by atoms with E-state index >= 15 is 0 Å². The van der Waals surface area contributed by atoms with Gasteiger partial charge >= 0.3 is 0 Å². The van der Waals surface area contributed by atoms with Gasteiger partial charge in [0.1, 0.15) is 5.75 Å². The molecule has 2 aromatic rings. The number of aliphatic hydroxyl groups is 1. The second kappa shape index (κ2) is 14.7. The third-order valence-corrected chi connectivity index (χ3v) is 5.72. The van der Waals surface area contributed by atoms with E-state index in [1.165, 1.54) is 0 Å². The van der Waals surface area contributed by atoms with Crippen molar-refractivity contribution in [2.45, 2.75) is 45.3 Å². The van der Waals surface area contributed by atoms with Gasteiger partial charge in [0, 0.05) is 28.8 Å². The van der Waals surface area contributed by atoms with E-state index < -0.39 is 6.10 Å². The number of phenolic OH excluding ortho intramolecular Hbond substituents is 1. The number of benzene rings is 2. The molecule has 0 heterocycles. The number of rotatable bonds is 15. The third-order valence-electron chi connectivity index (χ3n) is 5.02. The fraction of sp³-hybridized carbons (Fsp3) is 0.500. The van der Waals surface area contributed by atoms with E-state index in [1.807, 2.05) is 19.1 Å². The monoisotopic (exact) mass is 469 g/mol. The first-order chi connectivity index (χ1) is 15.0. The Morgan fingerprint density at radius 3 is 2.39 bits per heavy atom. The molecule has 31 heavy (non-hydrogen) atoms. The van der Waals surface area contributed by atoms with Gasteiger partial charge < -0.3 is 25.0 Å². The molecule has 7 heteroatoms. The van der Waals surface area contributed by atoms with E-state index in [4.69, 9.17) is 32.7 Å². The van der Waals surface area contributed by atoms with Gasteiger partial charge in [0.25, 0.3) is 0 Å². The molecule has 1 atom stereocenters. The molecule has 0 amide bonds. The van der Waals surface area contributed by atoms with E-state index in [0.717, 1.165) is 55.5 Å². The lowest BCUT2D eigenvalue weighted by atomic mass is 10.1. The molecule has 1 unspecified atom stereocenters. The largest absolute Gasteiger partial charge is 0.508 e. The van der Waals surface area contributed by atoms with Crippen molar-refractivity contribution in [3.63, 3.8) is 0 Å². The summed E-state index contributed by atoms with van der Waals surface area (Å²) in [5.41, 5.74) is 2.40. The lowest BCUT2D eigenvalue weighted by Crippen LogP contribution is -2.22.